The molecule has 68 valence electrons. The van der Waals surface area contributed by atoms with Crippen molar-refractivity contribution >= 4 is 12.9 Å². The van der Waals surface area contributed by atoms with Crippen molar-refractivity contribution in [2.75, 3.05) is 7.11 Å². The molecule has 0 aromatic rings. The summed E-state index contributed by atoms with van der Waals surface area (Å²) in [5, 5.41) is 7.25. The van der Waals surface area contributed by atoms with Crippen LogP contribution in [0.2, 0.25) is 0 Å². The number of rotatable bonds is 3. The third-order valence-corrected chi connectivity index (χ3v) is 2.41. The summed E-state index contributed by atoms with van der Waals surface area (Å²) < 4.78 is 5.26. The molecule has 1 fully saturated rings. The second-order valence-electron chi connectivity index (χ2n) is 3.18. The average molecular weight is 168 g/mol. The number of hydrogen-bond acceptors (Lipinski definition) is 3. The predicted molar refractivity (Wildman–Crippen MR) is 50.8 cm³/mol. The van der Waals surface area contributed by atoms with Gasteiger partial charge in [0.25, 0.3) is 0 Å². The van der Waals surface area contributed by atoms with Crippen LogP contribution in [0, 0.1) is 5.92 Å². The molecule has 0 spiro atoms. The molecule has 0 aliphatic heterocycles. The molecule has 0 unspecified atom stereocenters. The van der Waals surface area contributed by atoms with E-state index in [9.17, 15) is 0 Å². The second-order valence-corrected chi connectivity index (χ2v) is 3.18. The highest BCUT2D eigenvalue weighted by molar-refractivity contribution is 5.60. The summed E-state index contributed by atoms with van der Waals surface area (Å²) in [4.78, 5) is 0. The zero-order valence-corrected chi connectivity index (χ0v) is 7.57. The summed E-state index contributed by atoms with van der Waals surface area (Å²) >= 11 is 0. The lowest BCUT2D eigenvalue weighted by Crippen LogP contribution is -2.20. The maximum atomic E-state index is 5.26. The molecule has 3 nitrogen and oxygen atoms in total. The van der Waals surface area contributed by atoms with Gasteiger partial charge in [-0.15, -0.1) is 0 Å². The standard InChI is InChI=1S/C9H16N2O/c1-10-11-7-8-3-5-9(12-2)6-4-8/h7-9H,1,3-6H2,2H3. The van der Waals surface area contributed by atoms with Gasteiger partial charge < -0.3 is 4.74 Å². The van der Waals surface area contributed by atoms with E-state index in [1.807, 2.05) is 6.21 Å². The summed E-state index contributed by atoms with van der Waals surface area (Å²) in [6.07, 6.45) is 6.98. The largest absolute Gasteiger partial charge is 0.381 e. The zero-order valence-electron chi connectivity index (χ0n) is 7.57. The SMILES string of the molecule is C=NN=CC1CCC(OC)CC1. The lowest BCUT2D eigenvalue weighted by atomic mass is 9.88. The fraction of sp³-hybridized carbons (Fsp3) is 0.778. The Labute approximate surface area is 73.5 Å². The fourth-order valence-corrected chi connectivity index (χ4v) is 1.61. The van der Waals surface area contributed by atoms with Gasteiger partial charge in [-0.25, -0.2) is 0 Å². The minimum absolute atomic E-state index is 0.464. The van der Waals surface area contributed by atoms with Crippen molar-refractivity contribution in [2.45, 2.75) is 31.8 Å². The van der Waals surface area contributed by atoms with Crippen LogP contribution in [-0.4, -0.2) is 26.1 Å². The van der Waals surface area contributed by atoms with Crippen molar-refractivity contribution in [3.05, 3.63) is 0 Å². The third kappa shape index (κ3) is 2.74. The minimum atomic E-state index is 0.464. The Bertz CT molecular complexity index is 160. The van der Waals surface area contributed by atoms with E-state index in [0.29, 0.717) is 12.0 Å². The van der Waals surface area contributed by atoms with E-state index in [-0.39, 0.29) is 0 Å². The second kappa shape index (κ2) is 5.04. The van der Waals surface area contributed by atoms with Gasteiger partial charge in [0, 0.05) is 20.0 Å². The Morgan fingerprint density at radius 2 is 2.00 bits per heavy atom. The van der Waals surface area contributed by atoms with Crippen LogP contribution in [0.15, 0.2) is 10.2 Å². The highest BCUT2D eigenvalue weighted by atomic mass is 16.5. The molecular weight excluding hydrogens is 152 g/mol. The molecule has 0 bridgehead atoms. The predicted octanol–water partition coefficient (Wildman–Crippen LogP) is 1.88. The van der Waals surface area contributed by atoms with Crippen LogP contribution in [0.3, 0.4) is 0 Å². The van der Waals surface area contributed by atoms with Gasteiger partial charge in [-0.1, -0.05) is 0 Å². The Morgan fingerprint density at radius 1 is 1.33 bits per heavy atom. The van der Waals surface area contributed by atoms with Crippen LogP contribution in [0.5, 0.6) is 0 Å². The number of hydrogen-bond donors (Lipinski definition) is 0. The first kappa shape index (κ1) is 9.39. The van der Waals surface area contributed by atoms with E-state index in [4.69, 9.17) is 4.74 Å². The van der Waals surface area contributed by atoms with Gasteiger partial charge in [-0.3, -0.25) is 0 Å². The molecule has 0 heterocycles. The zero-order chi connectivity index (χ0) is 8.81. The highest BCUT2D eigenvalue weighted by Gasteiger charge is 2.18. The Hall–Kier alpha value is -0.700. The molecule has 1 aliphatic carbocycles. The molecule has 0 aromatic heterocycles. The minimum Gasteiger partial charge on any atom is -0.381 e. The number of nitrogens with zero attached hydrogens (tertiary/aromatic N) is 2. The summed E-state index contributed by atoms with van der Waals surface area (Å²) in [6.45, 7) is 3.30. The van der Waals surface area contributed by atoms with Gasteiger partial charge >= 0.3 is 0 Å². The summed E-state index contributed by atoms with van der Waals surface area (Å²) in [5.74, 6) is 0.585. The molecule has 0 N–H and O–H groups in total. The molecule has 0 amide bonds. The fourth-order valence-electron chi connectivity index (χ4n) is 1.61. The molecule has 3 heteroatoms. The van der Waals surface area contributed by atoms with E-state index < -0.39 is 0 Å². The van der Waals surface area contributed by atoms with Crippen molar-refractivity contribution in [3.63, 3.8) is 0 Å². The monoisotopic (exact) mass is 168 g/mol. The van der Waals surface area contributed by atoms with Crippen molar-refractivity contribution in [1.29, 1.82) is 0 Å². The van der Waals surface area contributed by atoms with Gasteiger partial charge in [0.15, 0.2) is 0 Å². The quantitative estimate of drug-likeness (QED) is 0.468. The lowest BCUT2D eigenvalue weighted by Gasteiger charge is -2.24. The summed E-state index contributed by atoms with van der Waals surface area (Å²) in [6, 6.07) is 0. The smallest absolute Gasteiger partial charge is 0.0571 e. The Morgan fingerprint density at radius 3 is 2.50 bits per heavy atom. The van der Waals surface area contributed by atoms with Crippen molar-refractivity contribution < 1.29 is 4.74 Å². The molecule has 0 saturated heterocycles. The van der Waals surface area contributed by atoms with Crippen molar-refractivity contribution in [3.8, 4) is 0 Å². The topological polar surface area (TPSA) is 34.0 Å². The van der Waals surface area contributed by atoms with Crippen LogP contribution in [0.4, 0.5) is 0 Å². The first-order chi connectivity index (χ1) is 5.86. The molecule has 1 rings (SSSR count). The van der Waals surface area contributed by atoms with E-state index in [0.717, 1.165) is 25.7 Å². The van der Waals surface area contributed by atoms with Gasteiger partial charge in [0.1, 0.15) is 0 Å². The third-order valence-electron chi connectivity index (χ3n) is 2.41. The van der Waals surface area contributed by atoms with Crippen molar-refractivity contribution in [2.24, 2.45) is 16.1 Å². The van der Waals surface area contributed by atoms with Crippen LogP contribution in [-0.2, 0) is 4.74 Å². The summed E-state index contributed by atoms with van der Waals surface area (Å²) in [7, 11) is 1.78. The Balaban J connectivity index is 2.25. The van der Waals surface area contributed by atoms with Crippen LogP contribution >= 0.6 is 0 Å². The van der Waals surface area contributed by atoms with Crippen LogP contribution in [0.1, 0.15) is 25.7 Å². The number of ether oxygens (including phenoxy) is 1. The maximum absolute atomic E-state index is 5.26. The maximum Gasteiger partial charge on any atom is 0.0571 e. The van der Waals surface area contributed by atoms with Gasteiger partial charge in [0.05, 0.1) is 6.10 Å². The van der Waals surface area contributed by atoms with Gasteiger partial charge in [-0.05, 0) is 31.6 Å². The Kier molecular flexibility index (Phi) is 3.94. The van der Waals surface area contributed by atoms with Crippen LogP contribution in [0.25, 0.3) is 0 Å². The molecule has 12 heavy (non-hydrogen) atoms. The summed E-state index contributed by atoms with van der Waals surface area (Å²) in [5.41, 5.74) is 0. The van der Waals surface area contributed by atoms with E-state index in [1.165, 1.54) is 0 Å². The van der Waals surface area contributed by atoms with E-state index >= 15 is 0 Å². The molecule has 0 radical (unpaired) electrons. The van der Waals surface area contributed by atoms with E-state index in [1.54, 1.807) is 7.11 Å². The molecule has 1 aliphatic rings. The molecule has 0 atom stereocenters. The molecular formula is C9H16N2O. The van der Waals surface area contributed by atoms with Crippen molar-refractivity contribution in [1.82, 2.24) is 0 Å². The first-order valence-corrected chi connectivity index (χ1v) is 4.38. The molecule has 1 saturated carbocycles. The van der Waals surface area contributed by atoms with Gasteiger partial charge in [-0.2, -0.15) is 10.2 Å². The number of methoxy groups -OCH3 is 1. The lowest BCUT2D eigenvalue weighted by molar-refractivity contribution is 0.0651. The van der Waals surface area contributed by atoms with Gasteiger partial charge in [0.2, 0.25) is 0 Å². The average Bonchev–Trinajstić information content (AvgIpc) is 2.15. The molecule has 0 aromatic carbocycles. The normalized spacial score (nSPS) is 30.8. The van der Waals surface area contributed by atoms with E-state index in [2.05, 4.69) is 16.9 Å². The van der Waals surface area contributed by atoms with Crippen LogP contribution < -0.4 is 0 Å². The first-order valence-electron chi connectivity index (χ1n) is 4.38. The highest BCUT2D eigenvalue weighted by Crippen LogP contribution is 2.24.